The number of hydrogen-bond donors (Lipinski definition) is 2. The van der Waals surface area contributed by atoms with Gasteiger partial charge >= 0.3 is 0 Å². The molecule has 3 N–H and O–H groups in total. The van der Waals surface area contributed by atoms with E-state index in [1.807, 2.05) is 12.1 Å². The number of thiophene rings is 1. The van der Waals surface area contributed by atoms with Gasteiger partial charge in [0, 0.05) is 6.04 Å². The van der Waals surface area contributed by atoms with Crippen molar-refractivity contribution in [1.82, 2.24) is 5.32 Å². The Morgan fingerprint density at radius 2 is 2.15 bits per heavy atom. The third-order valence-corrected chi connectivity index (χ3v) is 4.02. The minimum Gasteiger partial charge on any atom is -0.349 e. The Balaban J connectivity index is 2.61. The van der Waals surface area contributed by atoms with E-state index in [1.165, 1.54) is 11.3 Å². The van der Waals surface area contributed by atoms with Crippen LogP contribution in [0.25, 0.3) is 0 Å². The van der Waals surface area contributed by atoms with Crippen LogP contribution in [-0.2, 0) is 0 Å². The van der Waals surface area contributed by atoms with Crippen molar-refractivity contribution < 1.29 is 4.79 Å². The molecule has 1 amide bonds. The van der Waals surface area contributed by atoms with E-state index in [2.05, 4.69) is 31.0 Å². The second-order valence-electron chi connectivity index (χ2n) is 4.77. The highest BCUT2D eigenvalue weighted by Gasteiger charge is 2.14. The molecule has 0 spiro atoms. The van der Waals surface area contributed by atoms with E-state index >= 15 is 0 Å². The first kappa shape index (κ1) is 16.7. The fraction of sp³-hybridized carbons (Fsp3) is 0.562. The van der Waals surface area contributed by atoms with Crippen LogP contribution < -0.4 is 11.1 Å². The Kier molecular flexibility index (Phi) is 8.01. The van der Waals surface area contributed by atoms with E-state index in [0.717, 1.165) is 41.9 Å². The molecule has 0 aliphatic carbocycles. The molecule has 0 saturated heterocycles. The van der Waals surface area contributed by atoms with Crippen LogP contribution in [-0.4, -0.2) is 18.5 Å². The van der Waals surface area contributed by atoms with Gasteiger partial charge in [0.05, 0.1) is 16.3 Å². The zero-order chi connectivity index (χ0) is 14.8. The predicted molar refractivity (Wildman–Crippen MR) is 85.9 cm³/mol. The molecule has 1 heterocycles. The van der Waals surface area contributed by atoms with E-state index in [1.54, 1.807) is 0 Å². The Morgan fingerprint density at radius 3 is 2.80 bits per heavy atom. The average molecular weight is 292 g/mol. The second-order valence-corrected chi connectivity index (χ2v) is 5.85. The highest BCUT2D eigenvalue weighted by atomic mass is 32.1. The van der Waals surface area contributed by atoms with Crippen molar-refractivity contribution in [3.05, 3.63) is 21.9 Å². The Bertz CT molecular complexity index is 470. The number of nitrogens with one attached hydrogen (secondary N) is 1. The molecule has 1 unspecified atom stereocenters. The molecule has 110 valence electrons. The third kappa shape index (κ3) is 5.77. The van der Waals surface area contributed by atoms with E-state index in [9.17, 15) is 4.79 Å². The summed E-state index contributed by atoms with van der Waals surface area (Å²) in [6.45, 7) is 4.66. The second kappa shape index (κ2) is 9.57. The molecular formula is C16H24N2OS. The molecule has 1 aromatic heterocycles. The van der Waals surface area contributed by atoms with Gasteiger partial charge in [0.25, 0.3) is 5.91 Å². The van der Waals surface area contributed by atoms with E-state index in [4.69, 9.17) is 5.73 Å². The normalized spacial score (nSPS) is 11.6. The SMILES string of the molecule is CCCCC(CCC)NC(=O)c1ccc(C#CCN)s1. The fourth-order valence-corrected chi connectivity index (χ4v) is 2.79. The minimum absolute atomic E-state index is 0.0188. The molecule has 1 atom stereocenters. The lowest BCUT2D eigenvalue weighted by Gasteiger charge is -2.17. The van der Waals surface area contributed by atoms with Gasteiger partial charge in [0.1, 0.15) is 0 Å². The number of carbonyl (C=O) groups is 1. The van der Waals surface area contributed by atoms with Crippen LogP contribution >= 0.6 is 11.3 Å². The summed E-state index contributed by atoms with van der Waals surface area (Å²) in [6.07, 6.45) is 5.50. The van der Waals surface area contributed by atoms with Gasteiger partial charge in [-0.05, 0) is 25.0 Å². The van der Waals surface area contributed by atoms with Gasteiger partial charge < -0.3 is 11.1 Å². The number of carbonyl (C=O) groups excluding carboxylic acids is 1. The van der Waals surface area contributed by atoms with E-state index < -0.39 is 0 Å². The molecule has 0 aromatic carbocycles. The van der Waals surface area contributed by atoms with Crippen LogP contribution in [0.2, 0.25) is 0 Å². The van der Waals surface area contributed by atoms with Crippen molar-refractivity contribution in [2.45, 2.75) is 52.0 Å². The average Bonchev–Trinajstić information content (AvgIpc) is 2.91. The molecule has 0 aliphatic rings. The van der Waals surface area contributed by atoms with Gasteiger partial charge in [0.15, 0.2) is 0 Å². The van der Waals surface area contributed by atoms with Crippen LogP contribution in [0.15, 0.2) is 12.1 Å². The van der Waals surface area contributed by atoms with Crippen LogP contribution in [0.1, 0.15) is 60.5 Å². The first-order chi connectivity index (χ1) is 9.71. The number of rotatable bonds is 7. The van der Waals surface area contributed by atoms with Gasteiger partial charge in [-0.25, -0.2) is 0 Å². The fourth-order valence-electron chi connectivity index (χ4n) is 2.01. The number of nitrogens with two attached hydrogens (primary N) is 1. The van der Waals surface area contributed by atoms with Crippen molar-refractivity contribution in [3.63, 3.8) is 0 Å². The summed E-state index contributed by atoms with van der Waals surface area (Å²) in [5, 5.41) is 3.14. The molecule has 20 heavy (non-hydrogen) atoms. The lowest BCUT2D eigenvalue weighted by Crippen LogP contribution is -2.34. The summed E-state index contributed by atoms with van der Waals surface area (Å²) in [5.41, 5.74) is 5.34. The lowest BCUT2D eigenvalue weighted by atomic mass is 10.1. The van der Waals surface area contributed by atoms with Crippen molar-refractivity contribution in [3.8, 4) is 11.8 Å². The third-order valence-electron chi connectivity index (χ3n) is 3.02. The Morgan fingerprint density at radius 1 is 1.35 bits per heavy atom. The molecule has 0 fully saturated rings. The van der Waals surface area contributed by atoms with Crippen molar-refractivity contribution in [1.29, 1.82) is 0 Å². The summed E-state index contributed by atoms with van der Waals surface area (Å²) in [5.74, 6) is 5.78. The molecule has 0 radical (unpaired) electrons. The van der Waals surface area contributed by atoms with Crippen molar-refractivity contribution in [2.75, 3.05) is 6.54 Å². The predicted octanol–water partition coefficient (Wildman–Crippen LogP) is 3.15. The Labute approximate surface area is 126 Å². The van der Waals surface area contributed by atoms with Crippen LogP contribution in [0, 0.1) is 11.8 Å². The molecule has 0 saturated carbocycles. The van der Waals surface area contributed by atoms with E-state index in [0.29, 0.717) is 6.54 Å². The molecule has 3 nitrogen and oxygen atoms in total. The number of amides is 1. The smallest absolute Gasteiger partial charge is 0.261 e. The van der Waals surface area contributed by atoms with Gasteiger partial charge in [-0.3, -0.25) is 4.79 Å². The summed E-state index contributed by atoms with van der Waals surface area (Å²) in [6, 6.07) is 4.00. The highest BCUT2D eigenvalue weighted by molar-refractivity contribution is 7.14. The monoisotopic (exact) mass is 292 g/mol. The number of hydrogen-bond acceptors (Lipinski definition) is 3. The highest BCUT2D eigenvalue weighted by Crippen LogP contribution is 2.16. The largest absolute Gasteiger partial charge is 0.349 e. The maximum Gasteiger partial charge on any atom is 0.261 e. The zero-order valence-electron chi connectivity index (χ0n) is 12.4. The summed E-state index contributed by atoms with van der Waals surface area (Å²) in [4.78, 5) is 13.8. The zero-order valence-corrected chi connectivity index (χ0v) is 13.2. The first-order valence-corrected chi connectivity index (χ1v) is 8.12. The van der Waals surface area contributed by atoms with Gasteiger partial charge in [-0.2, -0.15) is 0 Å². The maximum atomic E-state index is 12.2. The lowest BCUT2D eigenvalue weighted by molar-refractivity contribution is 0.0936. The van der Waals surface area contributed by atoms with Crippen LogP contribution in [0.3, 0.4) is 0 Å². The molecule has 4 heteroatoms. The summed E-state index contributed by atoms with van der Waals surface area (Å²) >= 11 is 1.42. The van der Waals surface area contributed by atoms with Crippen molar-refractivity contribution in [2.24, 2.45) is 5.73 Å². The molecule has 1 rings (SSSR count). The van der Waals surface area contributed by atoms with Gasteiger partial charge in [-0.15, -0.1) is 11.3 Å². The first-order valence-electron chi connectivity index (χ1n) is 7.30. The molecule has 0 aliphatic heterocycles. The summed E-state index contributed by atoms with van der Waals surface area (Å²) in [7, 11) is 0. The standard InChI is InChI=1S/C16H24N2OS/c1-3-5-8-13(7-4-2)18-16(19)15-11-10-14(20-15)9-6-12-17/h10-11,13H,3-5,7-8,12,17H2,1-2H3,(H,18,19). The van der Waals surface area contributed by atoms with Gasteiger partial charge in [0.2, 0.25) is 0 Å². The maximum absolute atomic E-state index is 12.2. The van der Waals surface area contributed by atoms with Crippen molar-refractivity contribution >= 4 is 17.2 Å². The van der Waals surface area contributed by atoms with Gasteiger partial charge in [-0.1, -0.05) is 45.0 Å². The topological polar surface area (TPSA) is 55.1 Å². The molecule has 0 bridgehead atoms. The van der Waals surface area contributed by atoms with E-state index in [-0.39, 0.29) is 11.9 Å². The Hall–Kier alpha value is -1.31. The minimum atomic E-state index is 0.0188. The number of unbranched alkanes of at least 4 members (excludes halogenated alkanes) is 1. The van der Waals surface area contributed by atoms with Crippen LogP contribution in [0.4, 0.5) is 0 Å². The molecular weight excluding hydrogens is 268 g/mol. The summed E-state index contributed by atoms with van der Waals surface area (Å²) < 4.78 is 0. The quantitative estimate of drug-likeness (QED) is 0.759. The van der Waals surface area contributed by atoms with Crippen LogP contribution in [0.5, 0.6) is 0 Å². The molecule has 1 aromatic rings.